The molecule has 0 saturated carbocycles. The van der Waals surface area contributed by atoms with Gasteiger partial charge in [-0.1, -0.05) is 44.2 Å². The average Bonchev–Trinajstić information content (AvgIpc) is 2.79. The van der Waals surface area contributed by atoms with Gasteiger partial charge in [0.05, 0.1) is 0 Å². The molecule has 0 amide bonds. The van der Waals surface area contributed by atoms with Crippen molar-refractivity contribution in [3.8, 4) is 0 Å². The molecule has 2 N–H and O–H groups in total. The van der Waals surface area contributed by atoms with Crippen molar-refractivity contribution in [3.05, 3.63) is 35.9 Å². The molecule has 0 spiro atoms. The first-order valence-electron chi connectivity index (χ1n) is 6.71. The molecule has 2 unspecified atom stereocenters. The molecule has 1 aromatic carbocycles. The lowest BCUT2D eigenvalue weighted by Gasteiger charge is -2.31. The Morgan fingerprint density at radius 2 is 2.00 bits per heavy atom. The molecule has 2 nitrogen and oxygen atoms in total. The van der Waals surface area contributed by atoms with Gasteiger partial charge in [-0.2, -0.15) is 0 Å². The molecule has 0 aliphatic carbocycles. The van der Waals surface area contributed by atoms with Gasteiger partial charge in [-0.15, -0.1) is 0 Å². The van der Waals surface area contributed by atoms with Crippen molar-refractivity contribution in [2.24, 2.45) is 17.6 Å². The summed E-state index contributed by atoms with van der Waals surface area (Å²) in [7, 11) is 0. The Labute approximate surface area is 105 Å². The number of hydrogen-bond acceptors (Lipinski definition) is 2. The van der Waals surface area contributed by atoms with Crippen LogP contribution >= 0.6 is 0 Å². The molecule has 17 heavy (non-hydrogen) atoms. The topological polar surface area (TPSA) is 29.3 Å². The lowest BCUT2D eigenvalue weighted by Crippen LogP contribution is -2.31. The van der Waals surface area contributed by atoms with Crippen molar-refractivity contribution >= 4 is 0 Å². The summed E-state index contributed by atoms with van der Waals surface area (Å²) in [6, 6.07) is 11.4. The minimum Gasteiger partial charge on any atom is -0.330 e. The molecule has 94 valence electrons. The van der Waals surface area contributed by atoms with Crippen molar-refractivity contribution in [1.82, 2.24) is 4.90 Å². The third-order valence-corrected chi connectivity index (χ3v) is 3.82. The Bertz CT molecular complexity index is 334. The zero-order valence-corrected chi connectivity index (χ0v) is 11.0. The zero-order valence-electron chi connectivity index (χ0n) is 11.0. The first kappa shape index (κ1) is 12.6. The summed E-state index contributed by atoms with van der Waals surface area (Å²) >= 11 is 0. The van der Waals surface area contributed by atoms with Crippen molar-refractivity contribution in [2.45, 2.75) is 26.3 Å². The number of nitrogens with two attached hydrogens (primary N) is 1. The van der Waals surface area contributed by atoms with Crippen LogP contribution in [-0.4, -0.2) is 24.5 Å². The van der Waals surface area contributed by atoms with Crippen LogP contribution in [0.4, 0.5) is 0 Å². The number of likely N-dealkylation sites (tertiary alicyclic amines) is 1. The van der Waals surface area contributed by atoms with Gasteiger partial charge in [-0.25, -0.2) is 0 Å². The van der Waals surface area contributed by atoms with Crippen LogP contribution in [0.15, 0.2) is 30.3 Å². The van der Waals surface area contributed by atoms with Crippen LogP contribution in [0.25, 0.3) is 0 Å². The number of hydrogen-bond donors (Lipinski definition) is 1. The van der Waals surface area contributed by atoms with E-state index < -0.39 is 0 Å². The van der Waals surface area contributed by atoms with E-state index in [1.807, 2.05) is 0 Å². The normalized spacial score (nSPS) is 23.2. The standard InChI is InChI=1S/C15H24N2/c1-12(2)15(14-6-4-3-5-7-14)17-9-8-13(10-16)11-17/h3-7,12-13,15H,8-11,16H2,1-2H3. The summed E-state index contributed by atoms with van der Waals surface area (Å²) in [5.74, 6) is 1.34. The predicted molar refractivity (Wildman–Crippen MR) is 72.8 cm³/mol. The van der Waals surface area contributed by atoms with Crippen LogP contribution in [0.3, 0.4) is 0 Å². The van der Waals surface area contributed by atoms with Gasteiger partial charge >= 0.3 is 0 Å². The van der Waals surface area contributed by atoms with Crippen LogP contribution < -0.4 is 5.73 Å². The first-order valence-corrected chi connectivity index (χ1v) is 6.71. The van der Waals surface area contributed by atoms with Crippen molar-refractivity contribution in [2.75, 3.05) is 19.6 Å². The van der Waals surface area contributed by atoms with E-state index in [0.29, 0.717) is 17.9 Å². The van der Waals surface area contributed by atoms with Gasteiger partial charge < -0.3 is 5.73 Å². The van der Waals surface area contributed by atoms with Crippen LogP contribution in [0.1, 0.15) is 31.9 Å². The van der Waals surface area contributed by atoms with Gasteiger partial charge in [-0.3, -0.25) is 4.90 Å². The molecule has 0 bridgehead atoms. The van der Waals surface area contributed by atoms with Crippen LogP contribution in [0.5, 0.6) is 0 Å². The van der Waals surface area contributed by atoms with Gasteiger partial charge in [0.15, 0.2) is 0 Å². The Hall–Kier alpha value is -0.860. The average molecular weight is 232 g/mol. The molecular weight excluding hydrogens is 208 g/mol. The van der Waals surface area contributed by atoms with E-state index in [0.717, 1.165) is 13.1 Å². The Balaban J connectivity index is 2.14. The lowest BCUT2D eigenvalue weighted by molar-refractivity contribution is 0.187. The predicted octanol–water partition coefficient (Wildman–Crippen LogP) is 2.66. The van der Waals surface area contributed by atoms with Crippen LogP contribution in [0, 0.1) is 11.8 Å². The van der Waals surface area contributed by atoms with Crippen molar-refractivity contribution in [1.29, 1.82) is 0 Å². The Morgan fingerprint density at radius 1 is 1.29 bits per heavy atom. The highest BCUT2D eigenvalue weighted by Gasteiger charge is 2.29. The Morgan fingerprint density at radius 3 is 2.53 bits per heavy atom. The van der Waals surface area contributed by atoms with Gasteiger partial charge in [0.2, 0.25) is 0 Å². The summed E-state index contributed by atoms with van der Waals surface area (Å²) in [5.41, 5.74) is 7.23. The smallest absolute Gasteiger partial charge is 0.0371 e. The highest BCUT2D eigenvalue weighted by Crippen LogP contribution is 2.32. The SMILES string of the molecule is CC(C)C(c1ccccc1)N1CCC(CN)C1. The highest BCUT2D eigenvalue weighted by molar-refractivity contribution is 5.20. The molecule has 1 aliphatic rings. The molecule has 2 atom stereocenters. The maximum absolute atomic E-state index is 5.78. The molecule has 1 heterocycles. The highest BCUT2D eigenvalue weighted by atomic mass is 15.2. The van der Waals surface area contributed by atoms with Crippen molar-refractivity contribution in [3.63, 3.8) is 0 Å². The minimum absolute atomic E-state index is 0.549. The summed E-state index contributed by atoms with van der Waals surface area (Å²) in [6.07, 6.45) is 1.26. The van der Waals surface area contributed by atoms with E-state index in [2.05, 4.69) is 49.1 Å². The molecule has 1 saturated heterocycles. The summed E-state index contributed by atoms with van der Waals surface area (Å²) < 4.78 is 0. The number of nitrogens with zero attached hydrogens (tertiary/aromatic N) is 1. The fraction of sp³-hybridized carbons (Fsp3) is 0.600. The lowest BCUT2D eigenvalue weighted by atomic mass is 9.94. The molecule has 2 rings (SSSR count). The molecule has 2 heteroatoms. The summed E-state index contributed by atoms with van der Waals surface area (Å²) in [4.78, 5) is 2.61. The second-order valence-corrected chi connectivity index (χ2v) is 5.48. The van der Waals surface area contributed by atoms with Gasteiger partial charge in [0, 0.05) is 12.6 Å². The third-order valence-electron chi connectivity index (χ3n) is 3.82. The minimum atomic E-state index is 0.549. The number of benzene rings is 1. The molecule has 1 aliphatic heterocycles. The maximum atomic E-state index is 5.78. The molecule has 1 fully saturated rings. The largest absolute Gasteiger partial charge is 0.330 e. The van der Waals surface area contributed by atoms with E-state index in [9.17, 15) is 0 Å². The third kappa shape index (κ3) is 2.88. The van der Waals surface area contributed by atoms with Gasteiger partial charge in [0.25, 0.3) is 0 Å². The van der Waals surface area contributed by atoms with Crippen molar-refractivity contribution < 1.29 is 0 Å². The van der Waals surface area contributed by atoms with Crippen LogP contribution in [-0.2, 0) is 0 Å². The van der Waals surface area contributed by atoms with E-state index in [1.165, 1.54) is 18.5 Å². The summed E-state index contributed by atoms with van der Waals surface area (Å²) in [6.45, 7) is 7.81. The van der Waals surface area contributed by atoms with E-state index in [1.54, 1.807) is 0 Å². The van der Waals surface area contributed by atoms with E-state index in [-0.39, 0.29) is 0 Å². The van der Waals surface area contributed by atoms with Gasteiger partial charge in [0.1, 0.15) is 0 Å². The Kier molecular flexibility index (Phi) is 4.19. The quantitative estimate of drug-likeness (QED) is 0.864. The van der Waals surface area contributed by atoms with E-state index >= 15 is 0 Å². The molecule has 0 aromatic heterocycles. The fourth-order valence-electron chi connectivity index (χ4n) is 2.98. The molecule has 1 aromatic rings. The zero-order chi connectivity index (χ0) is 12.3. The molecular formula is C15H24N2. The summed E-state index contributed by atoms with van der Waals surface area (Å²) in [5, 5.41) is 0. The fourth-order valence-corrected chi connectivity index (χ4v) is 2.98. The monoisotopic (exact) mass is 232 g/mol. The first-order chi connectivity index (χ1) is 8.22. The maximum Gasteiger partial charge on any atom is 0.0371 e. The molecule has 0 radical (unpaired) electrons. The van der Waals surface area contributed by atoms with Crippen LogP contribution in [0.2, 0.25) is 0 Å². The second kappa shape index (κ2) is 5.65. The van der Waals surface area contributed by atoms with E-state index in [4.69, 9.17) is 5.73 Å². The number of rotatable bonds is 4. The second-order valence-electron chi connectivity index (χ2n) is 5.48. The van der Waals surface area contributed by atoms with Gasteiger partial charge in [-0.05, 0) is 36.9 Å².